The van der Waals surface area contributed by atoms with Crippen molar-refractivity contribution in [1.29, 1.82) is 0 Å². The number of carbonyl (C=O) groups is 2. The number of rotatable bonds is 8. The zero-order valence-corrected chi connectivity index (χ0v) is 23.2. The molecule has 40 heavy (non-hydrogen) atoms. The van der Waals surface area contributed by atoms with Crippen molar-refractivity contribution in [2.24, 2.45) is 0 Å². The standard InChI is InChI=1S/C34H26NO3P.ClH/c36-33(27-18-8-2-9-19-27)35-31(34(37)38)32(26-16-6-1-7-17-26)39(28-20-10-3-11-21-28,29-22-12-4-13-23-29)30-24-14-5-15-25-30;/h1-25H,(H-,35,36,37,38);1H/b32-31-;. The van der Waals surface area contributed by atoms with Crippen LogP contribution in [0.25, 0.3) is 5.31 Å². The van der Waals surface area contributed by atoms with Crippen molar-refractivity contribution in [2.75, 3.05) is 0 Å². The Kier molecular flexibility index (Phi) is 9.29. The van der Waals surface area contributed by atoms with E-state index in [9.17, 15) is 14.7 Å². The van der Waals surface area contributed by atoms with Crippen molar-refractivity contribution in [3.63, 3.8) is 0 Å². The van der Waals surface area contributed by atoms with Gasteiger partial charge in [-0.1, -0.05) is 103 Å². The smallest absolute Gasteiger partial charge is 0.356 e. The van der Waals surface area contributed by atoms with E-state index in [2.05, 4.69) is 41.7 Å². The van der Waals surface area contributed by atoms with Gasteiger partial charge in [-0.2, -0.15) is 0 Å². The topological polar surface area (TPSA) is 66.4 Å². The molecule has 5 aromatic rings. The Morgan fingerprint density at radius 2 is 0.825 bits per heavy atom. The molecule has 5 aromatic carbocycles. The number of amides is 1. The Bertz CT molecular complexity index is 1500. The number of carboxylic acids is 1. The minimum absolute atomic E-state index is 0. The summed E-state index contributed by atoms with van der Waals surface area (Å²) in [6, 6.07) is 48.2. The molecule has 0 aliphatic carbocycles. The third kappa shape index (κ3) is 5.60. The zero-order valence-electron chi connectivity index (χ0n) is 21.5. The van der Waals surface area contributed by atoms with E-state index in [-0.39, 0.29) is 18.1 Å². The Balaban J connectivity index is 0.00000370. The molecule has 2 N–H and O–H groups in total. The molecule has 0 saturated carbocycles. The first-order chi connectivity index (χ1) is 19.1. The molecule has 5 rings (SSSR count). The van der Waals surface area contributed by atoms with Crippen LogP contribution >= 0.6 is 7.26 Å². The second kappa shape index (κ2) is 13.0. The van der Waals surface area contributed by atoms with E-state index in [1.807, 2.05) is 91.0 Å². The maximum atomic E-state index is 13.4. The summed E-state index contributed by atoms with van der Waals surface area (Å²) in [6.07, 6.45) is 0. The Labute approximate surface area is 240 Å². The number of nitrogens with one attached hydrogen (secondary N) is 1. The lowest BCUT2D eigenvalue weighted by Gasteiger charge is -2.31. The van der Waals surface area contributed by atoms with Crippen LogP contribution in [-0.2, 0) is 4.79 Å². The Morgan fingerprint density at radius 1 is 0.500 bits per heavy atom. The number of carbonyl (C=O) groups excluding carboxylic acids is 1. The van der Waals surface area contributed by atoms with E-state index in [0.717, 1.165) is 21.5 Å². The second-order valence-electron chi connectivity index (χ2n) is 8.89. The predicted molar refractivity (Wildman–Crippen MR) is 160 cm³/mol. The maximum Gasteiger partial charge on any atom is 0.356 e. The van der Waals surface area contributed by atoms with Gasteiger partial charge in [0, 0.05) is 11.1 Å². The van der Waals surface area contributed by atoms with E-state index in [1.165, 1.54) is 0 Å². The largest absolute Gasteiger partial charge is 1.00 e. The lowest BCUT2D eigenvalue weighted by Crippen LogP contribution is -3.00. The second-order valence-corrected chi connectivity index (χ2v) is 12.2. The zero-order chi connectivity index (χ0) is 27.1. The first kappa shape index (κ1) is 28.5. The van der Waals surface area contributed by atoms with E-state index in [1.54, 1.807) is 24.3 Å². The maximum absolute atomic E-state index is 13.4. The summed E-state index contributed by atoms with van der Waals surface area (Å²) < 4.78 is 0. The van der Waals surface area contributed by atoms with Crippen LogP contribution < -0.4 is 33.6 Å². The molecular formula is C34H27ClNO3P. The summed E-state index contributed by atoms with van der Waals surface area (Å²) in [5, 5.41) is 17.1. The van der Waals surface area contributed by atoms with Crippen LogP contribution in [0.4, 0.5) is 0 Å². The van der Waals surface area contributed by atoms with Crippen molar-refractivity contribution in [1.82, 2.24) is 5.32 Å². The van der Waals surface area contributed by atoms with Crippen LogP contribution in [0.1, 0.15) is 15.9 Å². The summed E-state index contributed by atoms with van der Waals surface area (Å²) in [6.45, 7) is 0. The summed E-state index contributed by atoms with van der Waals surface area (Å²) >= 11 is 0. The van der Waals surface area contributed by atoms with Gasteiger partial charge in [0.25, 0.3) is 5.91 Å². The fraction of sp³-hybridized carbons (Fsp3) is 0. The van der Waals surface area contributed by atoms with Crippen LogP contribution in [-0.4, -0.2) is 17.0 Å². The Hall–Kier alpha value is -4.50. The van der Waals surface area contributed by atoms with Crippen molar-refractivity contribution >= 4 is 40.4 Å². The molecule has 0 aromatic heterocycles. The van der Waals surface area contributed by atoms with Crippen molar-refractivity contribution < 1.29 is 27.1 Å². The van der Waals surface area contributed by atoms with Crippen molar-refractivity contribution in [2.45, 2.75) is 0 Å². The molecule has 6 heteroatoms. The van der Waals surface area contributed by atoms with Gasteiger partial charge in [0.15, 0.2) is 5.70 Å². The average molecular weight is 564 g/mol. The van der Waals surface area contributed by atoms with Crippen molar-refractivity contribution in [3.05, 3.63) is 168 Å². The number of aliphatic carboxylic acids is 1. The average Bonchev–Trinajstić information content (AvgIpc) is 3.01. The van der Waals surface area contributed by atoms with Gasteiger partial charge < -0.3 is 22.8 Å². The van der Waals surface area contributed by atoms with Crippen LogP contribution in [0.2, 0.25) is 0 Å². The normalized spacial score (nSPS) is 11.5. The van der Waals surface area contributed by atoms with E-state index >= 15 is 0 Å². The first-order valence-corrected chi connectivity index (χ1v) is 14.4. The lowest BCUT2D eigenvalue weighted by molar-refractivity contribution is -0.132. The molecule has 0 saturated heterocycles. The Morgan fingerprint density at radius 3 is 1.18 bits per heavy atom. The summed E-state index contributed by atoms with van der Waals surface area (Å²) in [7, 11) is -2.86. The molecule has 0 fully saturated rings. The SMILES string of the molecule is O=C(O)/C(NC(=O)c1ccccc1)=C(\c1ccccc1)[P+](c1ccccc1)(c1ccccc1)c1ccccc1.[Cl-]. The predicted octanol–water partition coefficient (Wildman–Crippen LogP) is 2.87. The molecule has 0 radical (unpaired) electrons. The summed E-state index contributed by atoms with van der Waals surface area (Å²) in [5.41, 5.74) is 0.972. The highest BCUT2D eigenvalue weighted by atomic mass is 35.5. The molecule has 4 nitrogen and oxygen atoms in total. The van der Waals surface area contributed by atoms with E-state index in [4.69, 9.17) is 0 Å². The van der Waals surface area contributed by atoms with Crippen LogP contribution in [0, 0.1) is 0 Å². The van der Waals surface area contributed by atoms with E-state index < -0.39 is 19.1 Å². The third-order valence-corrected chi connectivity index (χ3v) is 10.9. The highest BCUT2D eigenvalue weighted by Crippen LogP contribution is 2.67. The molecule has 0 aliphatic rings. The number of carboxylic acid groups (broad SMARTS) is 1. The molecule has 0 bridgehead atoms. The summed E-state index contributed by atoms with van der Waals surface area (Å²) in [5.74, 6) is -1.68. The van der Waals surface area contributed by atoms with Crippen LogP contribution in [0.3, 0.4) is 0 Å². The quantitative estimate of drug-likeness (QED) is 0.225. The monoisotopic (exact) mass is 563 g/mol. The van der Waals surface area contributed by atoms with Gasteiger partial charge in [-0.15, -0.1) is 0 Å². The van der Waals surface area contributed by atoms with Gasteiger partial charge in [-0.25, -0.2) is 4.79 Å². The molecular weight excluding hydrogens is 537 g/mol. The fourth-order valence-electron chi connectivity index (χ4n) is 4.88. The van der Waals surface area contributed by atoms with Crippen LogP contribution in [0.15, 0.2) is 157 Å². The van der Waals surface area contributed by atoms with Gasteiger partial charge in [0.1, 0.15) is 28.5 Å². The van der Waals surface area contributed by atoms with Gasteiger partial charge in [0.2, 0.25) is 0 Å². The molecule has 0 unspecified atom stereocenters. The first-order valence-electron chi connectivity index (χ1n) is 12.6. The number of hydrogen-bond donors (Lipinski definition) is 2. The van der Waals surface area contributed by atoms with Gasteiger partial charge >= 0.3 is 5.97 Å². The minimum atomic E-state index is -2.86. The van der Waals surface area contributed by atoms with Gasteiger partial charge in [-0.3, -0.25) is 4.79 Å². The van der Waals surface area contributed by atoms with Gasteiger partial charge in [0.05, 0.1) is 0 Å². The molecule has 1 amide bonds. The minimum Gasteiger partial charge on any atom is -1.00 e. The number of hydrogen-bond acceptors (Lipinski definition) is 2. The molecule has 0 heterocycles. The van der Waals surface area contributed by atoms with Crippen molar-refractivity contribution in [3.8, 4) is 0 Å². The lowest BCUT2D eigenvalue weighted by atomic mass is 10.1. The highest BCUT2D eigenvalue weighted by molar-refractivity contribution is 8.03. The highest BCUT2D eigenvalue weighted by Gasteiger charge is 2.52. The van der Waals surface area contributed by atoms with Gasteiger partial charge in [-0.05, 0) is 48.5 Å². The number of benzene rings is 5. The van der Waals surface area contributed by atoms with E-state index in [0.29, 0.717) is 10.9 Å². The molecule has 0 atom stereocenters. The fourth-order valence-corrected chi connectivity index (χ4v) is 9.43. The van der Waals surface area contributed by atoms with Crippen LogP contribution in [0.5, 0.6) is 0 Å². The summed E-state index contributed by atoms with van der Waals surface area (Å²) in [4.78, 5) is 26.6. The molecule has 198 valence electrons. The molecule has 0 aliphatic heterocycles. The number of halogens is 1. The third-order valence-electron chi connectivity index (χ3n) is 6.54. The molecule has 0 spiro atoms.